The van der Waals surface area contributed by atoms with E-state index in [2.05, 4.69) is 62.3 Å². The first kappa shape index (κ1) is 18.1. The molecule has 0 amide bonds. The Morgan fingerprint density at radius 3 is 2.30 bits per heavy atom. The van der Waals surface area contributed by atoms with Gasteiger partial charge in [0.2, 0.25) is 0 Å². The van der Waals surface area contributed by atoms with Crippen LogP contribution in [0.25, 0.3) is 0 Å². The molecule has 1 aromatic carbocycles. The number of benzene rings is 1. The van der Waals surface area contributed by atoms with E-state index in [1.54, 1.807) is 0 Å². The standard InChI is InChI=1S/C22H31N5/c1-17-10-14-27(15-11-17)22-16-21(23-18(2)24-22)25-19-6-8-20(9-7-19)26-12-4-3-5-13-26/h6-9,16-17H,3-5,10-15H2,1-2H3,(H,23,24,25). The van der Waals surface area contributed by atoms with Crippen molar-refractivity contribution in [2.75, 3.05) is 41.3 Å². The van der Waals surface area contributed by atoms with Crippen LogP contribution in [0.15, 0.2) is 30.3 Å². The summed E-state index contributed by atoms with van der Waals surface area (Å²) >= 11 is 0. The van der Waals surface area contributed by atoms with Crippen LogP contribution in [0, 0.1) is 12.8 Å². The average molecular weight is 366 g/mol. The molecule has 5 heteroatoms. The Morgan fingerprint density at radius 2 is 1.59 bits per heavy atom. The monoisotopic (exact) mass is 365 g/mol. The molecule has 27 heavy (non-hydrogen) atoms. The summed E-state index contributed by atoms with van der Waals surface area (Å²) in [5, 5.41) is 3.47. The molecule has 3 heterocycles. The van der Waals surface area contributed by atoms with Crippen LogP contribution in [-0.2, 0) is 0 Å². The first-order valence-corrected chi connectivity index (χ1v) is 10.4. The fraction of sp³-hybridized carbons (Fsp3) is 0.545. The minimum Gasteiger partial charge on any atom is -0.372 e. The number of aryl methyl sites for hydroxylation is 1. The van der Waals surface area contributed by atoms with Gasteiger partial charge in [-0.25, -0.2) is 9.97 Å². The Labute approximate surface area is 162 Å². The Morgan fingerprint density at radius 1 is 0.889 bits per heavy atom. The van der Waals surface area contributed by atoms with Crippen LogP contribution in [0.2, 0.25) is 0 Å². The van der Waals surface area contributed by atoms with Crippen LogP contribution in [0.1, 0.15) is 44.9 Å². The zero-order valence-electron chi connectivity index (χ0n) is 16.6. The van der Waals surface area contributed by atoms with E-state index in [0.717, 1.165) is 42.2 Å². The number of rotatable bonds is 4. The zero-order chi connectivity index (χ0) is 18.6. The van der Waals surface area contributed by atoms with Crippen molar-refractivity contribution in [3.05, 3.63) is 36.2 Å². The summed E-state index contributed by atoms with van der Waals surface area (Å²) in [6, 6.07) is 10.8. The van der Waals surface area contributed by atoms with Crippen molar-refractivity contribution in [2.45, 2.75) is 46.0 Å². The van der Waals surface area contributed by atoms with E-state index >= 15 is 0 Å². The highest BCUT2D eigenvalue weighted by Gasteiger charge is 2.18. The van der Waals surface area contributed by atoms with Crippen LogP contribution >= 0.6 is 0 Å². The van der Waals surface area contributed by atoms with Gasteiger partial charge in [0.05, 0.1) is 0 Å². The first-order valence-electron chi connectivity index (χ1n) is 10.4. The van der Waals surface area contributed by atoms with E-state index in [-0.39, 0.29) is 0 Å². The Balaban J connectivity index is 1.45. The van der Waals surface area contributed by atoms with E-state index < -0.39 is 0 Å². The minimum atomic E-state index is 0.818. The van der Waals surface area contributed by atoms with E-state index in [1.807, 2.05) is 6.92 Å². The topological polar surface area (TPSA) is 44.3 Å². The van der Waals surface area contributed by atoms with Crippen LogP contribution in [0.5, 0.6) is 0 Å². The van der Waals surface area contributed by atoms with E-state index in [1.165, 1.54) is 50.9 Å². The molecule has 2 aromatic rings. The molecule has 4 rings (SSSR count). The lowest BCUT2D eigenvalue weighted by Gasteiger charge is -2.31. The maximum atomic E-state index is 4.67. The van der Waals surface area contributed by atoms with Gasteiger partial charge in [0, 0.05) is 43.6 Å². The van der Waals surface area contributed by atoms with Gasteiger partial charge in [0.1, 0.15) is 17.5 Å². The third kappa shape index (κ3) is 4.52. The summed E-state index contributed by atoms with van der Waals surface area (Å²) in [7, 11) is 0. The second kappa shape index (κ2) is 8.15. The molecular weight excluding hydrogens is 334 g/mol. The number of nitrogens with one attached hydrogen (secondary N) is 1. The number of aromatic nitrogens is 2. The number of piperidine rings is 2. The van der Waals surface area contributed by atoms with Crippen molar-refractivity contribution < 1.29 is 0 Å². The van der Waals surface area contributed by atoms with E-state index in [0.29, 0.717) is 0 Å². The van der Waals surface area contributed by atoms with Gasteiger partial charge in [-0.1, -0.05) is 6.92 Å². The molecule has 2 saturated heterocycles. The summed E-state index contributed by atoms with van der Waals surface area (Å²) in [4.78, 5) is 14.1. The van der Waals surface area contributed by atoms with Crippen LogP contribution in [0.3, 0.4) is 0 Å². The summed E-state index contributed by atoms with van der Waals surface area (Å²) in [6.07, 6.45) is 6.45. The minimum absolute atomic E-state index is 0.818. The average Bonchev–Trinajstić information content (AvgIpc) is 2.69. The first-order chi connectivity index (χ1) is 13.2. The number of nitrogens with zero attached hydrogens (tertiary/aromatic N) is 4. The highest BCUT2D eigenvalue weighted by molar-refractivity contribution is 5.63. The Hall–Kier alpha value is -2.30. The maximum Gasteiger partial charge on any atom is 0.136 e. The lowest BCUT2D eigenvalue weighted by molar-refractivity contribution is 0.436. The highest BCUT2D eigenvalue weighted by atomic mass is 15.2. The molecule has 0 unspecified atom stereocenters. The summed E-state index contributed by atoms with van der Waals surface area (Å²) in [5.74, 6) is 3.56. The van der Waals surface area contributed by atoms with E-state index in [9.17, 15) is 0 Å². The molecule has 0 radical (unpaired) electrons. The highest BCUT2D eigenvalue weighted by Crippen LogP contribution is 2.26. The van der Waals surface area contributed by atoms with E-state index in [4.69, 9.17) is 0 Å². The fourth-order valence-corrected chi connectivity index (χ4v) is 4.07. The largest absolute Gasteiger partial charge is 0.372 e. The van der Waals surface area contributed by atoms with Crippen molar-refractivity contribution >= 4 is 23.0 Å². The van der Waals surface area contributed by atoms with Gasteiger partial charge in [-0.05, 0) is 69.2 Å². The lowest BCUT2D eigenvalue weighted by Crippen LogP contribution is -2.33. The lowest BCUT2D eigenvalue weighted by atomic mass is 9.99. The second-order valence-corrected chi connectivity index (χ2v) is 8.05. The molecule has 2 fully saturated rings. The molecule has 0 aliphatic carbocycles. The SMILES string of the molecule is Cc1nc(Nc2ccc(N3CCCCC3)cc2)cc(N2CCC(C)CC2)n1. The summed E-state index contributed by atoms with van der Waals surface area (Å²) < 4.78 is 0. The zero-order valence-corrected chi connectivity index (χ0v) is 16.6. The molecule has 1 N–H and O–H groups in total. The third-order valence-corrected chi connectivity index (χ3v) is 5.79. The van der Waals surface area contributed by atoms with Crippen molar-refractivity contribution in [3.63, 3.8) is 0 Å². The molecule has 144 valence electrons. The van der Waals surface area contributed by atoms with Crippen molar-refractivity contribution in [2.24, 2.45) is 5.92 Å². The van der Waals surface area contributed by atoms with Gasteiger partial charge in [-0.2, -0.15) is 0 Å². The predicted octanol–water partition coefficient (Wildman–Crippen LogP) is 4.76. The molecule has 2 aliphatic rings. The predicted molar refractivity (Wildman–Crippen MR) is 113 cm³/mol. The second-order valence-electron chi connectivity index (χ2n) is 8.05. The molecule has 0 bridgehead atoms. The van der Waals surface area contributed by atoms with Crippen LogP contribution < -0.4 is 15.1 Å². The van der Waals surface area contributed by atoms with Gasteiger partial charge in [-0.15, -0.1) is 0 Å². The van der Waals surface area contributed by atoms with Crippen molar-refractivity contribution in [1.82, 2.24) is 9.97 Å². The fourth-order valence-electron chi connectivity index (χ4n) is 4.07. The van der Waals surface area contributed by atoms with Gasteiger partial charge < -0.3 is 15.1 Å². The van der Waals surface area contributed by atoms with Gasteiger partial charge in [-0.3, -0.25) is 0 Å². The molecule has 5 nitrogen and oxygen atoms in total. The number of anilines is 4. The number of hydrogen-bond acceptors (Lipinski definition) is 5. The van der Waals surface area contributed by atoms with Gasteiger partial charge in [0.15, 0.2) is 0 Å². The third-order valence-electron chi connectivity index (χ3n) is 5.79. The molecule has 1 aromatic heterocycles. The summed E-state index contributed by atoms with van der Waals surface area (Å²) in [5.41, 5.74) is 2.40. The van der Waals surface area contributed by atoms with Crippen molar-refractivity contribution in [3.8, 4) is 0 Å². The quantitative estimate of drug-likeness (QED) is 0.847. The van der Waals surface area contributed by atoms with Crippen LogP contribution in [0.4, 0.5) is 23.0 Å². The number of hydrogen-bond donors (Lipinski definition) is 1. The van der Waals surface area contributed by atoms with Gasteiger partial charge in [0.25, 0.3) is 0 Å². The summed E-state index contributed by atoms with van der Waals surface area (Å²) in [6.45, 7) is 8.83. The Bertz CT molecular complexity index is 744. The Kier molecular flexibility index (Phi) is 5.46. The normalized spacial score (nSPS) is 18.6. The molecule has 0 saturated carbocycles. The molecule has 0 spiro atoms. The molecule has 0 atom stereocenters. The molecular formula is C22H31N5. The molecule has 2 aliphatic heterocycles. The van der Waals surface area contributed by atoms with Crippen molar-refractivity contribution in [1.29, 1.82) is 0 Å². The van der Waals surface area contributed by atoms with Gasteiger partial charge >= 0.3 is 0 Å². The van der Waals surface area contributed by atoms with Crippen LogP contribution in [-0.4, -0.2) is 36.1 Å². The smallest absolute Gasteiger partial charge is 0.136 e. The maximum absolute atomic E-state index is 4.67.